The van der Waals surface area contributed by atoms with E-state index in [-0.39, 0.29) is 30.6 Å². The number of guanidine groups is 1. The Morgan fingerprint density at radius 1 is 1.37 bits per heavy atom. The molecule has 0 fully saturated rings. The second kappa shape index (κ2) is 6.56. The summed E-state index contributed by atoms with van der Waals surface area (Å²) >= 11 is 0. The molecule has 0 saturated carbocycles. The number of rotatable bonds is 2. The third-order valence-corrected chi connectivity index (χ3v) is 3.74. The summed E-state index contributed by atoms with van der Waals surface area (Å²) in [6.45, 7) is 2.60. The number of aliphatic hydroxyl groups is 1. The van der Waals surface area contributed by atoms with Crippen LogP contribution in [0.15, 0.2) is 29.3 Å². The molecular weight excluding hydrogens is 353 g/mol. The van der Waals surface area contributed by atoms with Gasteiger partial charge in [-0.3, -0.25) is 4.99 Å². The van der Waals surface area contributed by atoms with Gasteiger partial charge in [-0.2, -0.15) is 0 Å². The highest BCUT2D eigenvalue weighted by Crippen LogP contribution is 2.33. The van der Waals surface area contributed by atoms with Crippen LogP contribution in [0.1, 0.15) is 23.6 Å². The Kier molecular flexibility index (Phi) is 5.04. The zero-order valence-corrected chi connectivity index (χ0v) is 13.2. The lowest BCUT2D eigenvalue weighted by Crippen LogP contribution is -2.49. The SMILES string of the molecule is I.OCCNC1=NCCC2c3ccccc3CCN12. The van der Waals surface area contributed by atoms with Gasteiger partial charge in [0.1, 0.15) is 0 Å². The highest BCUT2D eigenvalue weighted by molar-refractivity contribution is 14.0. The summed E-state index contributed by atoms with van der Waals surface area (Å²) in [5.74, 6) is 0.954. The molecule has 0 aromatic heterocycles. The molecule has 2 aliphatic heterocycles. The molecule has 0 aliphatic carbocycles. The largest absolute Gasteiger partial charge is 0.395 e. The fourth-order valence-electron chi connectivity index (χ4n) is 2.93. The highest BCUT2D eigenvalue weighted by Gasteiger charge is 2.31. The molecule has 104 valence electrons. The van der Waals surface area contributed by atoms with E-state index in [2.05, 4.69) is 39.5 Å². The van der Waals surface area contributed by atoms with Crippen LogP contribution in [0.25, 0.3) is 0 Å². The number of benzene rings is 1. The summed E-state index contributed by atoms with van der Waals surface area (Å²) in [6.07, 6.45) is 2.16. The smallest absolute Gasteiger partial charge is 0.194 e. The topological polar surface area (TPSA) is 47.9 Å². The van der Waals surface area contributed by atoms with Crippen molar-refractivity contribution in [2.45, 2.75) is 18.9 Å². The Balaban J connectivity index is 0.00000133. The van der Waals surface area contributed by atoms with Gasteiger partial charge in [0.15, 0.2) is 5.96 Å². The lowest BCUT2D eigenvalue weighted by Gasteiger charge is -2.41. The van der Waals surface area contributed by atoms with E-state index in [4.69, 9.17) is 5.11 Å². The molecule has 0 amide bonds. The molecule has 2 aliphatic rings. The second-order valence-corrected chi connectivity index (χ2v) is 4.80. The second-order valence-electron chi connectivity index (χ2n) is 4.80. The number of aliphatic hydroxyl groups excluding tert-OH is 1. The van der Waals surface area contributed by atoms with Crippen molar-refractivity contribution in [3.8, 4) is 0 Å². The molecule has 5 heteroatoms. The summed E-state index contributed by atoms with van der Waals surface area (Å²) in [5.41, 5.74) is 2.92. The van der Waals surface area contributed by atoms with Crippen molar-refractivity contribution < 1.29 is 5.11 Å². The molecule has 2 heterocycles. The zero-order valence-electron chi connectivity index (χ0n) is 10.9. The third-order valence-electron chi connectivity index (χ3n) is 3.74. The molecule has 0 radical (unpaired) electrons. The molecule has 2 N–H and O–H groups in total. The Bertz CT molecular complexity index is 464. The average Bonchev–Trinajstić information content (AvgIpc) is 2.44. The summed E-state index contributed by atoms with van der Waals surface area (Å²) in [7, 11) is 0. The molecule has 0 saturated heterocycles. The van der Waals surface area contributed by atoms with E-state index in [0.717, 1.165) is 31.9 Å². The van der Waals surface area contributed by atoms with Crippen molar-refractivity contribution in [3.63, 3.8) is 0 Å². The van der Waals surface area contributed by atoms with Crippen LogP contribution in [-0.4, -0.2) is 42.2 Å². The van der Waals surface area contributed by atoms with Crippen molar-refractivity contribution in [2.75, 3.05) is 26.2 Å². The number of hydrogen-bond acceptors (Lipinski definition) is 4. The molecule has 0 spiro atoms. The summed E-state index contributed by atoms with van der Waals surface area (Å²) in [6, 6.07) is 9.17. The summed E-state index contributed by atoms with van der Waals surface area (Å²) in [4.78, 5) is 6.89. The number of fused-ring (bicyclic) bond motifs is 3. The van der Waals surface area contributed by atoms with Crippen molar-refractivity contribution >= 4 is 29.9 Å². The van der Waals surface area contributed by atoms with Crippen molar-refractivity contribution in [2.24, 2.45) is 4.99 Å². The van der Waals surface area contributed by atoms with E-state index in [1.54, 1.807) is 0 Å². The average molecular weight is 373 g/mol. The quantitative estimate of drug-likeness (QED) is 0.774. The minimum Gasteiger partial charge on any atom is -0.395 e. The minimum atomic E-state index is 0. The van der Waals surface area contributed by atoms with Gasteiger partial charge in [-0.25, -0.2) is 0 Å². The van der Waals surface area contributed by atoms with Gasteiger partial charge >= 0.3 is 0 Å². The van der Waals surface area contributed by atoms with Crippen molar-refractivity contribution in [1.82, 2.24) is 10.2 Å². The number of nitrogens with one attached hydrogen (secondary N) is 1. The Labute approximate surface area is 130 Å². The minimum absolute atomic E-state index is 0. The first-order valence-electron chi connectivity index (χ1n) is 6.64. The first-order valence-corrected chi connectivity index (χ1v) is 6.64. The fourth-order valence-corrected chi connectivity index (χ4v) is 2.93. The molecule has 19 heavy (non-hydrogen) atoms. The number of aliphatic imine (C=N–C) groups is 1. The lowest BCUT2D eigenvalue weighted by atomic mass is 9.90. The maximum atomic E-state index is 8.91. The summed E-state index contributed by atoms with van der Waals surface area (Å²) < 4.78 is 0. The van der Waals surface area contributed by atoms with E-state index in [0.29, 0.717) is 12.6 Å². The van der Waals surface area contributed by atoms with Gasteiger partial charge in [0.05, 0.1) is 12.6 Å². The first kappa shape index (κ1) is 14.6. The van der Waals surface area contributed by atoms with E-state index < -0.39 is 0 Å². The van der Waals surface area contributed by atoms with Crippen LogP contribution in [0.5, 0.6) is 0 Å². The Morgan fingerprint density at radius 2 is 2.21 bits per heavy atom. The van der Waals surface area contributed by atoms with Gasteiger partial charge in [-0.15, -0.1) is 24.0 Å². The van der Waals surface area contributed by atoms with Crippen LogP contribution in [0.2, 0.25) is 0 Å². The maximum Gasteiger partial charge on any atom is 0.194 e. The molecule has 0 bridgehead atoms. The highest BCUT2D eigenvalue weighted by atomic mass is 127. The van der Waals surface area contributed by atoms with Gasteiger partial charge in [-0.1, -0.05) is 24.3 Å². The van der Waals surface area contributed by atoms with Crippen molar-refractivity contribution in [3.05, 3.63) is 35.4 Å². The molecule has 3 rings (SSSR count). The predicted molar refractivity (Wildman–Crippen MR) is 87.0 cm³/mol. The molecular formula is C14H20IN3O. The van der Waals surface area contributed by atoms with Crippen molar-refractivity contribution in [1.29, 1.82) is 0 Å². The van der Waals surface area contributed by atoms with E-state index >= 15 is 0 Å². The molecule has 1 unspecified atom stereocenters. The normalized spacial score (nSPS) is 20.8. The number of halogens is 1. The fraction of sp³-hybridized carbons (Fsp3) is 0.500. The first-order chi connectivity index (χ1) is 8.90. The number of hydrogen-bond donors (Lipinski definition) is 2. The molecule has 1 aromatic carbocycles. The van der Waals surface area contributed by atoms with Crippen LogP contribution in [0.4, 0.5) is 0 Å². The Hall–Kier alpha value is -0.820. The van der Waals surface area contributed by atoms with Gasteiger partial charge in [0.2, 0.25) is 0 Å². The molecule has 4 nitrogen and oxygen atoms in total. The molecule has 1 atom stereocenters. The lowest BCUT2D eigenvalue weighted by molar-refractivity contribution is 0.254. The van der Waals surface area contributed by atoms with Gasteiger partial charge in [-0.05, 0) is 24.0 Å². The van der Waals surface area contributed by atoms with Crippen LogP contribution in [-0.2, 0) is 6.42 Å². The van der Waals surface area contributed by atoms with Gasteiger partial charge in [0, 0.05) is 19.6 Å². The standard InChI is InChI=1S/C14H19N3O.HI/c18-10-8-16-14-15-7-5-13-12-4-2-1-3-11(12)6-9-17(13)14;/h1-4,13,18H,5-10H2,(H,15,16);1H. The zero-order chi connectivity index (χ0) is 12.4. The van der Waals surface area contributed by atoms with Crippen LogP contribution >= 0.6 is 24.0 Å². The van der Waals surface area contributed by atoms with Gasteiger partial charge in [0.25, 0.3) is 0 Å². The van der Waals surface area contributed by atoms with Crippen LogP contribution < -0.4 is 5.32 Å². The van der Waals surface area contributed by atoms with E-state index in [1.807, 2.05) is 0 Å². The number of nitrogens with zero attached hydrogens (tertiary/aromatic N) is 2. The van der Waals surface area contributed by atoms with Gasteiger partial charge < -0.3 is 15.3 Å². The Morgan fingerprint density at radius 3 is 3.05 bits per heavy atom. The third kappa shape index (κ3) is 2.86. The van der Waals surface area contributed by atoms with E-state index in [1.165, 1.54) is 11.1 Å². The van der Waals surface area contributed by atoms with E-state index in [9.17, 15) is 0 Å². The van der Waals surface area contributed by atoms with Crippen LogP contribution in [0, 0.1) is 0 Å². The predicted octanol–water partition coefficient (Wildman–Crippen LogP) is 1.55. The molecule has 1 aromatic rings. The van der Waals surface area contributed by atoms with Crippen LogP contribution in [0.3, 0.4) is 0 Å². The monoisotopic (exact) mass is 373 g/mol. The maximum absolute atomic E-state index is 8.91. The summed E-state index contributed by atoms with van der Waals surface area (Å²) in [5, 5.41) is 12.1.